The molecule has 3 aliphatic rings. The molecular weight excluding hydrogens is 476 g/mol. The average molecular weight is 501 g/mol. The first-order valence-corrected chi connectivity index (χ1v) is 12.6. The van der Waals surface area contributed by atoms with Crippen LogP contribution in [0.1, 0.15) is 5.56 Å². The largest absolute Gasteiger partial charge is 0.492 e. The number of thioether (sulfide) groups is 1. The molecule has 0 saturated carbocycles. The van der Waals surface area contributed by atoms with Crippen LogP contribution in [-0.4, -0.2) is 69.5 Å². The molecule has 0 unspecified atom stereocenters. The van der Waals surface area contributed by atoms with Crippen molar-refractivity contribution in [1.29, 1.82) is 5.41 Å². The Morgan fingerprint density at radius 3 is 2.67 bits per heavy atom. The summed E-state index contributed by atoms with van der Waals surface area (Å²) < 4.78 is 13.4. The Morgan fingerprint density at radius 1 is 1.06 bits per heavy atom. The number of para-hydroxylation sites is 2. The Balaban J connectivity index is 1.26. The number of carbonyl (C=O) groups excluding carboxylic acids is 1. The van der Waals surface area contributed by atoms with Gasteiger partial charge in [-0.05, 0) is 36.0 Å². The molecule has 0 atom stereocenters. The molecule has 2 aromatic carbocycles. The summed E-state index contributed by atoms with van der Waals surface area (Å²) in [5, 5.41) is 16.9. The van der Waals surface area contributed by atoms with E-state index in [0.29, 0.717) is 31.5 Å². The van der Waals surface area contributed by atoms with Crippen molar-refractivity contribution in [3.8, 4) is 5.75 Å². The number of fused-ring (bicyclic) bond motifs is 2. The first kappa shape index (κ1) is 22.6. The smallest absolute Gasteiger partial charge is 0.283 e. The fourth-order valence-electron chi connectivity index (χ4n) is 4.37. The Bertz CT molecular complexity index is 1420. The molecule has 36 heavy (non-hydrogen) atoms. The third-order valence-corrected chi connectivity index (χ3v) is 7.16. The minimum atomic E-state index is -0.429. The zero-order valence-corrected chi connectivity index (χ0v) is 20.3. The third kappa shape index (κ3) is 4.29. The lowest BCUT2D eigenvalue weighted by atomic mass is 10.1. The number of carbonyl (C=O) groups is 1. The summed E-state index contributed by atoms with van der Waals surface area (Å²) >= 11 is 1.32. The van der Waals surface area contributed by atoms with E-state index in [9.17, 15) is 4.79 Å². The van der Waals surface area contributed by atoms with Gasteiger partial charge in [0, 0.05) is 35.8 Å². The van der Waals surface area contributed by atoms with Gasteiger partial charge in [-0.2, -0.15) is 10.0 Å². The second kappa shape index (κ2) is 9.63. The first-order chi connectivity index (χ1) is 17.7. The van der Waals surface area contributed by atoms with Crippen molar-refractivity contribution < 1.29 is 14.3 Å². The van der Waals surface area contributed by atoms with Gasteiger partial charge in [-0.3, -0.25) is 10.2 Å². The van der Waals surface area contributed by atoms with Gasteiger partial charge in [0.05, 0.1) is 25.3 Å². The predicted molar refractivity (Wildman–Crippen MR) is 141 cm³/mol. The summed E-state index contributed by atoms with van der Waals surface area (Å²) in [6, 6.07) is 17.7. The fraction of sp³-hybridized carbons (Fsp3) is 0.231. The predicted octanol–water partition coefficient (Wildman–Crippen LogP) is 3.63. The lowest BCUT2D eigenvalue weighted by molar-refractivity contribution is -0.114. The van der Waals surface area contributed by atoms with E-state index < -0.39 is 5.91 Å². The highest BCUT2D eigenvalue weighted by Gasteiger charge is 2.37. The fourth-order valence-corrected chi connectivity index (χ4v) is 5.32. The highest BCUT2D eigenvalue weighted by molar-refractivity contribution is 8.26. The number of benzene rings is 2. The highest BCUT2D eigenvalue weighted by atomic mass is 32.2. The second-order valence-corrected chi connectivity index (χ2v) is 9.39. The maximum Gasteiger partial charge on any atom is 0.283 e. The lowest BCUT2D eigenvalue weighted by Crippen LogP contribution is -2.39. The van der Waals surface area contributed by atoms with Crippen LogP contribution in [0.25, 0.3) is 17.0 Å². The number of hydrogen-bond acceptors (Lipinski definition) is 7. The van der Waals surface area contributed by atoms with Crippen LogP contribution >= 0.6 is 11.8 Å². The number of amides is 1. The van der Waals surface area contributed by atoms with Gasteiger partial charge in [-0.25, -0.2) is 0 Å². The van der Waals surface area contributed by atoms with Crippen LogP contribution in [-0.2, 0) is 16.1 Å². The molecule has 0 bridgehead atoms. The molecule has 0 spiro atoms. The van der Waals surface area contributed by atoms with Crippen LogP contribution in [0.4, 0.5) is 0 Å². The highest BCUT2D eigenvalue weighted by Crippen LogP contribution is 2.31. The topological polar surface area (TPSA) is 95.5 Å². The lowest BCUT2D eigenvalue weighted by Gasteiger charge is -2.26. The molecule has 10 heteroatoms. The number of morpholine rings is 1. The zero-order chi connectivity index (χ0) is 24.5. The van der Waals surface area contributed by atoms with E-state index in [-0.39, 0.29) is 11.4 Å². The molecule has 9 nitrogen and oxygen atoms in total. The van der Waals surface area contributed by atoms with Crippen molar-refractivity contribution in [2.45, 2.75) is 6.54 Å². The SMILES string of the molecule is N=C1/C(=C/c2cn(CCOc3ccccc3)c3ccccc23)C(=O)N=C2SC(N3CCOCC3)=NN12. The van der Waals surface area contributed by atoms with Crippen molar-refractivity contribution in [1.82, 2.24) is 14.5 Å². The molecule has 3 aromatic rings. The van der Waals surface area contributed by atoms with Crippen molar-refractivity contribution in [3.05, 3.63) is 71.9 Å². The van der Waals surface area contributed by atoms with Crippen LogP contribution in [0.3, 0.4) is 0 Å². The average Bonchev–Trinajstić information content (AvgIpc) is 3.50. The van der Waals surface area contributed by atoms with Crippen LogP contribution < -0.4 is 4.74 Å². The van der Waals surface area contributed by atoms with Crippen molar-refractivity contribution in [3.63, 3.8) is 0 Å². The minimum absolute atomic E-state index is 0.0324. The number of rotatable bonds is 5. The number of nitrogens with one attached hydrogen (secondary N) is 1. The van der Waals surface area contributed by atoms with Crippen LogP contribution in [0.5, 0.6) is 5.75 Å². The standard InChI is InChI=1S/C26H24N6O3S/c27-23-21(24(33)28-25-32(23)29-26(36-25)30-10-13-34-14-11-30)16-18-17-31(22-9-5-4-8-20(18)22)12-15-35-19-6-2-1-3-7-19/h1-9,16-17,27H,10-15H2/b21-16-,27-23?. The van der Waals surface area contributed by atoms with Gasteiger partial charge in [0.1, 0.15) is 12.4 Å². The number of hydrazone groups is 1. The molecule has 3 aliphatic heterocycles. The van der Waals surface area contributed by atoms with Crippen LogP contribution in [0, 0.1) is 5.41 Å². The van der Waals surface area contributed by atoms with Gasteiger partial charge in [0.15, 0.2) is 11.0 Å². The Labute approximate surface area is 212 Å². The molecule has 4 heterocycles. The molecule has 1 fully saturated rings. The third-order valence-electron chi connectivity index (χ3n) is 6.19. The van der Waals surface area contributed by atoms with Gasteiger partial charge >= 0.3 is 0 Å². The van der Waals surface area contributed by atoms with E-state index >= 15 is 0 Å². The second-order valence-electron chi connectivity index (χ2n) is 8.46. The van der Waals surface area contributed by atoms with Gasteiger partial charge < -0.3 is 18.9 Å². The monoisotopic (exact) mass is 500 g/mol. The molecule has 0 radical (unpaired) electrons. The minimum Gasteiger partial charge on any atom is -0.492 e. The van der Waals surface area contributed by atoms with E-state index in [4.69, 9.17) is 14.9 Å². The number of aliphatic imine (C=N–C) groups is 1. The van der Waals surface area contributed by atoms with Crippen LogP contribution in [0.2, 0.25) is 0 Å². The summed E-state index contributed by atoms with van der Waals surface area (Å²) in [6.45, 7) is 3.87. The van der Waals surface area contributed by atoms with E-state index in [1.54, 1.807) is 6.08 Å². The van der Waals surface area contributed by atoms with Crippen molar-refractivity contribution >= 4 is 50.8 Å². The first-order valence-electron chi connectivity index (χ1n) is 11.8. The normalized spacial score (nSPS) is 19.1. The van der Waals surface area contributed by atoms with Crippen molar-refractivity contribution in [2.75, 3.05) is 32.9 Å². The summed E-state index contributed by atoms with van der Waals surface area (Å²) in [6.07, 6.45) is 3.74. The summed E-state index contributed by atoms with van der Waals surface area (Å²) in [5.74, 6) is 0.429. The Morgan fingerprint density at radius 2 is 1.83 bits per heavy atom. The molecule has 6 rings (SSSR count). The number of hydrogen-bond donors (Lipinski definition) is 1. The van der Waals surface area contributed by atoms with Crippen LogP contribution in [0.15, 0.2) is 76.5 Å². The van der Waals surface area contributed by atoms with E-state index in [0.717, 1.165) is 40.5 Å². The van der Waals surface area contributed by atoms with Crippen molar-refractivity contribution in [2.24, 2.45) is 10.1 Å². The summed E-state index contributed by atoms with van der Waals surface area (Å²) in [5.41, 5.74) is 2.10. The molecule has 1 aromatic heterocycles. The zero-order valence-electron chi connectivity index (χ0n) is 19.5. The molecule has 1 amide bonds. The maximum atomic E-state index is 13.0. The molecular formula is C26H24N6O3S. The molecule has 1 saturated heterocycles. The Kier molecular flexibility index (Phi) is 6.04. The number of ether oxygens (including phenoxy) is 2. The summed E-state index contributed by atoms with van der Waals surface area (Å²) in [4.78, 5) is 19.3. The number of aromatic nitrogens is 1. The molecule has 182 valence electrons. The maximum absolute atomic E-state index is 13.0. The van der Waals surface area contributed by atoms with E-state index in [1.165, 1.54) is 16.8 Å². The number of nitrogens with zero attached hydrogens (tertiary/aromatic N) is 5. The molecule has 1 N–H and O–H groups in total. The quantitative estimate of drug-likeness (QED) is 0.538. The summed E-state index contributed by atoms with van der Waals surface area (Å²) in [7, 11) is 0. The Hall–Kier alpha value is -3.89. The number of amidine groups is 3. The molecule has 0 aliphatic carbocycles. The van der Waals surface area contributed by atoms with Gasteiger partial charge in [0.2, 0.25) is 5.17 Å². The van der Waals surface area contributed by atoms with E-state index in [2.05, 4.69) is 19.6 Å². The van der Waals surface area contributed by atoms with E-state index in [1.807, 2.05) is 60.8 Å². The van der Waals surface area contributed by atoms with Gasteiger partial charge in [-0.1, -0.05) is 36.4 Å². The van der Waals surface area contributed by atoms with Gasteiger partial charge in [-0.15, -0.1) is 5.10 Å². The van der Waals surface area contributed by atoms with Gasteiger partial charge in [0.25, 0.3) is 5.91 Å².